The zero-order chi connectivity index (χ0) is 14.4. The number of anilines is 1. The Bertz CT molecular complexity index is 542. The third-order valence-electron chi connectivity index (χ3n) is 3.19. The van der Waals surface area contributed by atoms with Gasteiger partial charge < -0.3 is 16.0 Å². The van der Waals surface area contributed by atoms with E-state index in [1.807, 2.05) is 0 Å². The SMILES string of the molecule is NCC#Cc1cc(F)ccc1NC(=O)N1CCCCC1. The highest BCUT2D eigenvalue weighted by atomic mass is 19.1. The van der Waals surface area contributed by atoms with Gasteiger partial charge >= 0.3 is 6.03 Å². The minimum atomic E-state index is -0.387. The van der Waals surface area contributed by atoms with Gasteiger partial charge in [-0.15, -0.1) is 0 Å². The van der Waals surface area contributed by atoms with Gasteiger partial charge in [-0.05, 0) is 37.5 Å². The Kier molecular flexibility index (Phi) is 4.97. The van der Waals surface area contributed by atoms with Crippen LogP contribution in [0.2, 0.25) is 0 Å². The molecule has 0 radical (unpaired) electrons. The lowest BCUT2D eigenvalue weighted by atomic mass is 10.1. The molecule has 1 aromatic carbocycles. The summed E-state index contributed by atoms with van der Waals surface area (Å²) in [5.74, 6) is 5.06. The standard InChI is InChI=1S/C15H18FN3O/c16-13-6-7-14(12(11-13)5-4-8-17)18-15(20)19-9-2-1-3-10-19/h6-7,11H,1-3,8-10,17H2,(H,18,20). The molecule has 1 aromatic rings. The second-order valence-corrected chi connectivity index (χ2v) is 4.67. The van der Waals surface area contributed by atoms with Crippen molar-refractivity contribution in [3.63, 3.8) is 0 Å². The summed E-state index contributed by atoms with van der Waals surface area (Å²) in [5.41, 5.74) is 6.28. The highest BCUT2D eigenvalue weighted by Crippen LogP contribution is 2.18. The van der Waals surface area contributed by atoms with Gasteiger partial charge in [-0.3, -0.25) is 0 Å². The van der Waals surface area contributed by atoms with E-state index in [0.717, 1.165) is 32.4 Å². The smallest absolute Gasteiger partial charge is 0.321 e. The zero-order valence-corrected chi connectivity index (χ0v) is 11.3. The number of piperidine rings is 1. The summed E-state index contributed by atoms with van der Waals surface area (Å²) in [6.07, 6.45) is 3.21. The van der Waals surface area contributed by atoms with E-state index in [0.29, 0.717) is 11.3 Å². The number of hydrogen-bond acceptors (Lipinski definition) is 2. The molecule has 0 saturated carbocycles. The third kappa shape index (κ3) is 3.72. The molecule has 4 nitrogen and oxygen atoms in total. The Morgan fingerprint density at radius 2 is 2.10 bits per heavy atom. The Morgan fingerprint density at radius 1 is 1.35 bits per heavy atom. The van der Waals surface area contributed by atoms with E-state index in [1.165, 1.54) is 18.2 Å². The normalized spacial score (nSPS) is 14.4. The molecule has 0 spiro atoms. The first kappa shape index (κ1) is 14.4. The maximum absolute atomic E-state index is 13.2. The van der Waals surface area contributed by atoms with Gasteiger partial charge in [-0.1, -0.05) is 11.8 Å². The van der Waals surface area contributed by atoms with Crippen LogP contribution in [0.1, 0.15) is 24.8 Å². The molecule has 0 aromatic heterocycles. The van der Waals surface area contributed by atoms with E-state index in [9.17, 15) is 9.18 Å². The van der Waals surface area contributed by atoms with Gasteiger partial charge in [0.2, 0.25) is 0 Å². The average molecular weight is 275 g/mol. The number of carbonyl (C=O) groups excluding carboxylic acids is 1. The second-order valence-electron chi connectivity index (χ2n) is 4.67. The van der Waals surface area contributed by atoms with E-state index in [1.54, 1.807) is 4.90 Å². The van der Waals surface area contributed by atoms with Crippen LogP contribution in [0, 0.1) is 17.7 Å². The summed E-state index contributed by atoms with van der Waals surface area (Å²) >= 11 is 0. The first-order valence-corrected chi connectivity index (χ1v) is 6.75. The lowest BCUT2D eigenvalue weighted by Crippen LogP contribution is -2.38. The maximum Gasteiger partial charge on any atom is 0.321 e. The number of likely N-dealkylation sites (tertiary alicyclic amines) is 1. The molecule has 1 aliphatic rings. The van der Waals surface area contributed by atoms with Gasteiger partial charge in [0.05, 0.1) is 17.8 Å². The van der Waals surface area contributed by atoms with Gasteiger partial charge in [0.1, 0.15) is 5.82 Å². The van der Waals surface area contributed by atoms with Crippen molar-refractivity contribution in [2.75, 3.05) is 25.0 Å². The van der Waals surface area contributed by atoms with Gasteiger partial charge in [-0.25, -0.2) is 9.18 Å². The summed E-state index contributed by atoms with van der Waals surface area (Å²) < 4.78 is 13.2. The largest absolute Gasteiger partial charge is 0.325 e. The van der Waals surface area contributed by atoms with Crippen LogP contribution in [-0.2, 0) is 0 Å². The number of benzene rings is 1. The van der Waals surface area contributed by atoms with E-state index in [-0.39, 0.29) is 18.4 Å². The summed E-state index contributed by atoms with van der Waals surface area (Å²) in [7, 11) is 0. The van der Waals surface area contributed by atoms with Crippen LogP contribution >= 0.6 is 0 Å². The topological polar surface area (TPSA) is 58.4 Å². The molecule has 0 unspecified atom stereocenters. The number of nitrogens with two attached hydrogens (primary N) is 1. The van der Waals surface area contributed by atoms with Gasteiger partial charge in [0, 0.05) is 13.1 Å². The van der Waals surface area contributed by atoms with Gasteiger partial charge in [0.15, 0.2) is 0 Å². The summed E-state index contributed by atoms with van der Waals surface area (Å²) in [6.45, 7) is 1.71. The average Bonchev–Trinajstić information content (AvgIpc) is 2.48. The number of carbonyl (C=O) groups is 1. The van der Waals surface area contributed by atoms with E-state index in [4.69, 9.17) is 5.73 Å². The number of nitrogens with zero attached hydrogens (tertiary/aromatic N) is 1. The van der Waals surface area contributed by atoms with Crippen molar-refractivity contribution >= 4 is 11.7 Å². The second kappa shape index (κ2) is 6.92. The Hall–Kier alpha value is -2.06. The number of halogens is 1. The Balaban J connectivity index is 2.13. The molecule has 3 N–H and O–H groups in total. The lowest BCUT2D eigenvalue weighted by Gasteiger charge is -2.27. The lowest BCUT2D eigenvalue weighted by molar-refractivity contribution is 0.200. The first-order valence-electron chi connectivity index (χ1n) is 6.75. The molecule has 1 heterocycles. The molecule has 1 saturated heterocycles. The maximum atomic E-state index is 13.2. The van der Waals surface area contributed by atoms with Crippen molar-refractivity contribution in [1.82, 2.24) is 4.90 Å². The zero-order valence-electron chi connectivity index (χ0n) is 11.3. The molecule has 5 heteroatoms. The molecular formula is C15H18FN3O. The molecular weight excluding hydrogens is 257 g/mol. The van der Waals surface area contributed by atoms with Crippen molar-refractivity contribution < 1.29 is 9.18 Å². The minimum Gasteiger partial charge on any atom is -0.325 e. The predicted octanol–water partition coefficient (Wildman–Crippen LogP) is 2.15. The first-order chi connectivity index (χ1) is 9.70. The molecule has 2 rings (SSSR count). The highest BCUT2D eigenvalue weighted by molar-refractivity contribution is 5.91. The molecule has 2 amide bonds. The van der Waals surface area contributed by atoms with E-state index in [2.05, 4.69) is 17.2 Å². The molecule has 1 aliphatic heterocycles. The fraction of sp³-hybridized carbons (Fsp3) is 0.400. The molecule has 0 aliphatic carbocycles. The third-order valence-corrected chi connectivity index (χ3v) is 3.19. The van der Waals surface area contributed by atoms with Crippen LogP contribution in [0.15, 0.2) is 18.2 Å². The number of urea groups is 1. The van der Waals surface area contributed by atoms with Crippen molar-refractivity contribution in [2.24, 2.45) is 5.73 Å². The van der Waals surface area contributed by atoms with Crippen LogP contribution in [-0.4, -0.2) is 30.6 Å². The van der Waals surface area contributed by atoms with Crippen molar-refractivity contribution in [2.45, 2.75) is 19.3 Å². The van der Waals surface area contributed by atoms with Gasteiger partial charge in [-0.2, -0.15) is 0 Å². The Labute approximate surface area is 118 Å². The quantitative estimate of drug-likeness (QED) is 0.772. The van der Waals surface area contributed by atoms with Crippen molar-refractivity contribution in [3.8, 4) is 11.8 Å². The molecule has 0 atom stereocenters. The van der Waals surface area contributed by atoms with Crippen molar-refractivity contribution in [3.05, 3.63) is 29.6 Å². The van der Waals surface area contributed by atoms with E-state index < -0.39 is 0 Å². The van der Waals surface area contributed by atoms with E-state index >= 15 is 0 Å². The van der Waals surface area contributed by atoms with Crippen LogP contribution in [0.25, 0.3) is 0 Å². The van der Waals surface area contributed by atoms with Gasteiger partial charge in [0.25, 0.3) is 0 Å². The summed E-state index contributed by atoms with van der Waals surface area (Å²) in [5, 5.41) is 2.79. The van der Waals surface area contributed by atoms with Crippen LogP contribution in [0.5, 0.6) is 0 Å². The summed E-state index contributed by atoms with van der Waals surface area (Å²) in [6, 6.07) is 3.97. The minimum absolute atomic E-state index is 0.160. The number of hydrogen-bond donors (Lipinski definition) is 2. The predicted molar refractivity (Wildman–Crippen MR) is 76.8 cm³/mol. The number of nitrogens with one attached hydrogen (secondary N) is 1. The van der Waals surface area contributed by atoms with Crippen LogP contribution in [0.3, 0.4) is 0 Å². The Morgan fingerprint density at radius 3 is 2.80 bits per heavy atom. The fourth-order valence-electron chi connectivity index (χ4n) is 2.17. The van der Waals surface area contributed by atoms with Crippen molar-refractivity contribution in [1.29, 1.82) is 0 Å². The molecule has 0 bridgehead atoms. The monoisotopic (exact) mass is 275 g/mol. The molecule has 1 fully saturated rings. The molecule has 106 valence electrons. The summed E-state index contributed by atoms with van der Waals surface area (Å²) in [4.78, 5) is 13.9. The van der Waals surface area contributed by atoms with Crippen LogP contribution in [0.4, 0.5) is 14.9 Å². The molecule has 20 heavy (non-hydrogen) atoms. The van der Waals surface area contributed by atoms with Crippen LogP contribution < -0.4 is 11.1 Å². The highest BCUT2D eigenvalue weighted by Gasteiger charge is 2.17. The fourth-order valence-corrected chi connectivity index (χ4v) is 2.17. The number of rotatable bonds is 1. The number of amides is 2.